The first-order valence-corrected chi connectivity index (χ1v) is 15.2. The maximum atomic E-state index is 12.1. The summed E-state index contributed by atoms with van der Waals surface area (Å²) in [6.45, 7) is 0. The molecular weight excluding hydrogens is 600 g/mol. The predicted octanol–water partition coefficient (Wildman–Crippen LogP) is 7.39. The molecule has 48 heavy (non-hydrogen) atoms. The van der Waals surface area contributed by atoms with Crippen molar-refractivity contribution in [2.24, 2.45) is 0 Å². The fourth-order valence-electron chi connectivity index (χ4n) is 6.15. The molecule has 6 aromatic carbocycles. The molecule has 0 atom stereocenters. The lowest BCUT2D eigenvalue weighted by Crippen LogP contribution is -2.20. The van der Waals surface area contributed by atoms with Crippen LogP contribution >= 0.6 is 0 Å². The Bertz CT molecular complexity index is 1780. The third-order valence-electron chi connectivity index (χ3n) is 8.50. The number of carbonyl (C=O) groups excluding carboxylic acids is 6. The van der Waals surface area contributed by atoms with Gasteiger partial charge in [-0.3, -0.25) is 28.8 Å². The molecule has 0 N–H and O–H groups in total. The van der Waals surface area contributed by atoms with Gasteiger partial charge in [0.15, 0.2) is 34.7 Å². The topological polar surface area (TPSA) is 102 Å². The Morgan fingerprint density at radius 1 is 0.167 bits per heavy atom. The van der Waals surface area contributed by atoms with Crippen LogP contribution < -0.4 is 0 Å². The van der Waals surface area contributed by atoms with Gasteiger partial charge in [-0.2, -0.15) is 0 Å². The number of benzene rings is 6. The number of hydrogen-bond acceptors (Lipinski definition) is 6. The quantitative estimate of drug-likeness (QED) is 0.174. The van der Waals surface area contributed by atoms with E-state index in [4.69, 9.17) is 0 Å². The first kappa shape index (κ1) is 30.0. The molecule has 0 aliphatic heterocycles. The molecule has 0 unspecified atom stereocenters. The van der Waals surface area contributed by atoms with E-state index in [1.807, 2.05) is 0 Å². The molecule has 0 saturated heterocycles. The summed E-state index contributed by atoms with van der Waals surface area (Å²) in [5.74, 6) is -0.384. The van der Waals surface area contributed by atoms with Gasteiger partial charge in [0.1, 0.15) is 0 Å². The SMILES string of the molecule is O=C1c2ccccc2C(=O)c2ccccc21.O=C1c2ccccc2C(=O)c2ccccc21.O=C1c2ccccc2C(=O)c2ccccc21. The molecule has 0 amide bonds. The fraction of sp³-hybridized carbons (Fsp3) is 0. The Hall–Kier alpha value is -6.66. The summed E-state index contributed by atoms with van der Waals surface area (Å²) in [6.07, 6.45) is 0. The zero-order valence-corrected chi connectivity index (χ0v) is 25.3. The minimum absolute atomic E-state index is 0.0641. The van der Waals surface area contributed by atoms with Crippen molar-refractivity contribution in [2.75, 3.05) is 0 Å². The molecular formula is C42H24O6. The van der Waals surface area contributed by atoms with Gasteiger partial charge in [-0.1, -0.05) is 146 Å². The molecule has 0 saturated carbocycles. The Kier molecular flexibility index (Phi) is 7.67. The summed E-state index contributed by atoms with van der Waals surface area (Å²) in [6, 6.07) is 41.7. The zero-order chi connectivity index (χ0) is 33.4. The van der Waals surface area contributed by atoms with Crippen molar-refractivity contribution in [1.29, 1.82) is 0 Å². The number of fused-ring (bicyclic) bond motifs is 6. The summed E-state index contributed by atoms with van der Waals surface area (Å²) < 4.78 is 0. The van der Waals surface area contributed by atoms with E-state index in [1.165, 1.54) is 0 Å². The summed E-state index contributed by atoms with van der Waals surface area (Å²) in [5.41, 5.74) is 6.07. The summed E-state index contributed by atoms with van der Waals surface area (Å²) in [5, 5.41) is 0. The molecule has 0 fully saturated rings. The van der Waals surface area contributed by atoms with Gasteiger partial charge >= 0.3 is 0 Å². The van der Waals surface area contributed by atoms with Crippen LogP contribution in [0.1, 0.15) is 95.5 Å². The van der Waals surface area contributed by atoms with Crippen LogP contribution in [0.25, 0.3) is 0 Å². The van der Waals surface area contributed by atoms with Crippen molar-refractivity contribution < 1.29 is 28.8 Å². The van der Waals surface area contributed by atoms with E-state index in [0.29, 0.717) is 66.8 Å². The van der Waals surface area contributed by atoms with Gasteiger partial charge in [-0.05, 0) is 0 Å². The van der Waals surface area contributed by atoms with Crippen molar-refractivity contribution in [3.8, 4) is 0 Å². The van der Waals surface area contributed by atoms with Gasteiger partial charge in [0.2, 0.25) is 0 Å². The molecule has 228 valence electrons. The van der Waals surface area contributed by atoms with Crippen LogP contribution in [0.15, 0.2) is 146 Å². The highest BCUT2D eigenvalue weighted by molar-refractivity contribution is 6.30. The minimum Gasteiger partial charge on any atom is -0.289 e. The van der Waals surface area contributed by atoms with Crippen LogP contribution in [0.3, 0.4) is 0 Å². The van der Waals surface area contributed by atoms with E-state index in [9.17, 15) is 28.8 Å². The maximum absolute atomic E-state index is 12.1. The first-order valence-electron chi connectivity index (χ1n) is 15.2. The molecule has 0 bridgehead atoms. The van der Waals surface area contributed by atoms with E-state index in [2.05, 4.69) is 0 Å². The third kappa shape index (κ3) is 5.02. The molecule has 0 aromatic heterocycles. The third-order valence-corrected chi connectivity index (χ3v) is 8.50. The van der Waals surface area contributed by atoms with Gasteiger partial charge in [-0.15, -0.1) is 0 Å². The predicted molar refractivity (Wildman–Crippen MR) is 179 cm³/mol. The normalized spacial score (nSPS) is 13.2. The Morgan fingerprint density at radius 3 is 0.333 bits per heavy atom. The Labute approximate surface area is 275 Å². The van der Waals surface area contributed by atoms with Crippen molar-refractivity contribution >= 4 is 34.7 Å². The lowest BCUT2D eigenvalue weighted by Gasteiger charge is -2.16. The van der Waals surface area contributed by atoms with Crippen LogP contribution in [0.5, 0.6) is 0 Å². The molecule has 9 rings (SSSR count). The fourth-order valence-corrected chi connectivity index (χ4v) is 6.15. The Morgan fingerprint density at radius 2 is 0.250 bits per heavy atom. The van der Waals surface area contributed by atoms with E-state index >= 15 is 0 Å². The summed E-state index contributed by atoms with van der Waals surface area (Å²) >= 11 is 0. The average molecular weight is 625 g/mol. The summed E-state index contributed by atoms with van der Waals surface area (Å²) in [4.78, 5) is 72.6. The molecule has 3 aliphatic carbocycles. The zero-order valence-electron chi connectivity index (χ0n) is 25.3. The minimum atomic E-state index is -0.0641. The van der Waals surface area contributed by atoms with Gasteiger partial charge < -0.3 is 0 Å². The first-order chi connectivity index (χ1) is 23.4. The van der Waals surface area contributed by atoms with Crippen molar-refractivity contribution in [2.45, 2.75) is 0 Å². The largest absolute Gasteiger partial charge is 0.289 e. The molecule has 0 heterocycles. The number of rotatable bonds is 0. The van der Waals surface area contributed by atoms with E-state index in [0.717, 1.165) is 0 Å². The average Bonchev–Trinajstić information content (AvgIpc) is 3.15. The molecule has 0 spiro atoms. The highest BCUT2D eigenvalue weighted by atomic mass is 16.2. The summed E-state index contributed by atoms with van der Waals surface area (Å²) in [7, 11) is 0. The highest BCUT2D eigenvalue weighted by Gasteiger charge is 2.30. The van der Waals surface area contributed by atoms with Crippen molar-refractivity contribution in [3.05, 3.63) is 212 Å². The molecule has 6 aromatic rings. The second-order valence-corrected chi connectivity index (χ2v) is 11.2. The van der Waals surface area contributed by atoms with Crippen LogP contribution in [0.2, 0.25) is 0 Å². The van der Waals surface area contributed by atoms with Crippen LogP contribution in [-0.4, -0.2) is 34.7 Å². The number of hydrogen-bond donors (Lipinski definition) is 0. The number of carbonyl (C=O) groups is 6. The van der Waals surface area contributed by atoms with Crippen molar-refractivity contribution in [1.82, 2.24) is 0 Å². The molecule has 6 heteroatoms. The number of ketones is 6. The lowest BCUT2D eigenvalue weighted by molar-refractivity contribution is 0.0979. The molecule has 6 nitrogen and oxygen atoms in total. The second kappa shape index (κ2) is 12.3. The van der Waals surface area contributed by atoms with Gasteiger partial charge in [-0.25, -0.2) is 0 Å². The maximum Gasteiger partial charge on any atom is 0.194 e. The molecule has 0 radical (unpaired) electrons. The second-order valence-electron chi connectivity index (χ2n) is 11.2. The van der Waals surface area contributed by atoms with Crippen molar-refractivity contribution in [3.63, 3.8) is 0 Å². The van der Waals surface area contributed by atoms with E-state index < -0.39 is 0 Å². The van der Waals surface area contributed by atoms with Gasteiger partial charge in [0.25, 0.3) is 0 Å². The van der Waals surface area contributed by atoms with E-state index in [-0.39, 0.29) is 34.7 Å². The van der Waals surface area contributed by atoms with Crippen LogP contribution in [0.4, 0.5) is 0 Å². The van der Waals surface area contributed by atoms with Gasteiger partial charge in [0.05, 0.1) is 0 Å². The van der Waals surface area contributed by atoms with Crippen LogP contribution in [-0.2, 0) is 0 Å². The lowest BCUT2D eigenvalue weighted by atomic mass is 9.84. The standard InChI is InChI=1S/3C14H8O2/c3*15-13-9-5-1-2-6-10(9)14(16)12-8-4-3-7-11(12)13/h3*1-8H. The smallest absolute Gasteiger partial charge is 0.194 e. The monoisotopic (exact) mass is 624 g/mol. The van der Waals surface area contributed by atoms with Gasteiger partial charge in [0, 0.05) is 66.8 Å². The Balaban J connectivity index is 0.000000114. The van der Waals surface area contributed by atoms with Crippen LogP contribution in [0, 0.1) is 0 Å². The van der Waals surface area contributed by atoms with E-state index in [1.54, 1.807) is 146 Å². The molecule has 3 aliphatic rings. The highest BCUT2D eigenvalue weighted by Crippen LogP contribution is 2.29.